The topological polar surface area (TPSA) is 17.1 Å². The molecule has 0 atom stereocenters. The largest absolute Gasteiger partial charge is 0.289 e. The molecule has 15 heavy (non-hydrogen) atoms. The van der Waals surface area contributed by atoms with Crippen LogP contribution in [0.4, 0.5) is 4.39 Å². The van der Waals surface area contributed by atoms with E-state index in [0.29, 0.717) is 5.57 Å². The molecule has 1 aliphatic carbocycles. The van der Waals surface area contributed by atoms with Crippen LogP contribution in [-0.4, -0.2) is 5.78 Å². The molecule has 0 heterocycles. The summed E-state index contributed by atoms with van der Waals surface area (Å²) in [5.74, 6) is -0.809. The maximum absolute atomic E-state index is 13.4. The zero-order valence-corrected chi connectivity index (χ0v) is 8.85. The SMILES string of the molecule is O=C(C1=CCCC1)c1c(F)cccc1Cl. The van der Waals surface area contributed by atoms with Gasteiger partial charge in [-0.15, -0.1) is 0 Å². The van der Waals surface area contributed by atoms with Crippen molar-refractivity contribution in [3.63, 3.8) is 0 Å². The lowest BCUT2D eigenvalue weighted by atomic mass is 10.0. The normalized spacial score (nSPS) is 15.2. The van der Waals surface area contributed by atoms with E-state index in [-0.39, 0.29) is 16.4 Å². The number of Topliss-reactive ketones (excluding diaryl/α,β-unsaturated/α-hetero) is 1. The summed E-state index contributed by atoms with van der Waals surface area (Å²) in [6, 6.07) is 4.29. The molecule has 1 aromatic carbocycles. The number of carbonyl (C=O) groups excluding carboxylic acids is 1. The van der Waals surface area contributed by atoms with Crippen LogP contribution in [0.2, 0.25) is 5.02 Å². The van der Waals surface area contributed by atoms with Crippen LogP contribution >= 0.6 is 11.6 Å². The number of carbonyl (C=O) groups is 1. The average Bonchev–Trinajstić information content (AvgIpc) is 2.69. The van der Waals surface area contributed by atoms with Crippen LogP contribution in [0.1, 0.15) is 29.6 Å². The Morgan fingerprint density at radius 1 is 1.40 bits per heavy atom. The Bertz CT molecular complexity index is 417. The summed E-state index contributed by atoms with van der Waals surface area (Å²) in [5.41, 5.74) is 0.689. The fourth-order valence-electron chi connectivity index (χ4n) is 1.75. The average molecular weight is 225 g/mol. The smallest absolute Gasteiger partial charge is 0.193 e. The van der Waals surface area contributed by atoms with E-state index >= 15 is 0 Å². The molecule has 0 aromatic heterocycles. The van der Waals surface area contributed by atoms with E-state index < -0.39 is 5.82 Å². The number of hydrogen-bond acceptors (Lipinski definition) is 1. The molecule has 2 rings (SSSR count). The van der Waals surface area contributed by atoms with E-state index in [2.05, 4.69) is 0 Å². The number of allylic oxidation sites excluding steroid dienone is 2. The van der Waals surface area contributed by atoms with Crippen molar-refractivity contribution in [2.75, 3.05) is 0 Å². The molecule has 0 amide bonds. The molecule has 0 bridgehead atoms. The first kappa shape index (κ1) is 10.4. The highest BCUT2D eigenvalue weighted by Gasteiger charge is 2.20. The minimum atomic E-state index is -0.541. The molecular weight excluding hydrogens is 215 g/mol. The standard InChI is InChI=1S/C12H10ClFO/c13-9-6-3-7-10(14)11(9)12(15)8-4-1-2-5-8/h3-4,6-7H,1-2,5H2. The Kier molecular flexibility index (Phi) is 2.87. The van der Waals surface area contributed by atoms with Gasteiger partial charge in [0.2, 0.25) is 0 Å². The van der Waals surface area contributed by atoms with Gasteiger partial charge < -0.3 is 0 Å². The van der Waals surface area contributed by atoms with Crippen LogP contribution in [0, 0.1) is 5.82 Å². The molecule has 0 aliphatic heterocycles. The monoisotopic (exact) mass is 224 g/mol. The zero-order valence-electron chi connectivity index (χ0n) is 8.09. The van der Waals surface area contributed by atoms with Crippen molar-refractivity contribution in [1.82, 2.24) is 0 Å². The molecule has 0 unspecified atom stereocenters. The Morgan fingerprint density at radius 2 is 2.20 bits per heavy atom. The van der Waals surface area contributed by atoms with Crippen molar-refractivity contribution < 1.29 is 9.18 Å². The van der Waals surface area contributed by atoms with Gasteiger partial charge in [0.25, 0.3) is 0 Å². The number of ketones is 1. The maximum atomic E-state index is 13.4. The van der Waals surface area contributed by atoms with Crippen molar-refractivity contribution >= 4 is 17.4 Å². The van der Waals surface area contributed by atoms with Crippen LogP contribution in [0.3, 0.4) is 0 Å². The van der Waals surface area contributed by atoms with Gasteiger partial charge in [0.1, 0.15) is 5.82 Å². The van der Waals surface area contributed by atoms with Gasteiger partial charge >= 0.3 is 0 Å². The molecule has 1 aromatic rings. The summed E-state index contributed by atoms with van der Waals surface area (Å²) >= 11 is 5.81. The van der Waals surface area contributed by atoms with Crippen LogP contribution < -0.4 is 0 Å². The van der Waals surface area contributed by atoms with Gasteiger partial charge in [0.05, 0.1) is 10.6 Å². The van der Waals surface area contributed by atoms with E-state index in [0.717, 1.165) is 19.3 Å². The molecule has 0 fully saturated rings. The molecule has 3 heteroatoms. The fourth-order valence-corrected chi connectivity index (χ4v) is 2.00. The van der Waals surface area contributed by atoms with Crippen LogP contribution in [0.25, 0.3) is 0 Å². The minimum absolute atomic E-state index is 0.00677. The van der Waals surface area contributed by atoms with Crippen molar-refractivity contribution in [2.24, 2.45) is 0 Å². The molecule has 0 N–H and O–H groups in total. The second-order valence-electron chi connectivity index (χ2n) is 3.55. The molecule has 0 saturated carbocycles. The van der Waals surface area contributed by atoms with Crippen LogP contribution in [-0.2, 0) is 0 Å². The van der Waals surface area contributed by atoms with E-state index in [1.807, 2.05) is 6.08 Å². The van der Waals surface area contributed by atoms with Crippen molar-refractivity contribution in [3.05, 3.63) is 46.3 Å². The zero-order chi connectivity index (χ0) is 10.8. The molecule has 0 spiro atoms. The predicted molar refractivity (Wildman–Crippen MR) is 57.7 cm³/mol. The van der Waals surface area contributed by atoms with Crippen LogP contribution in [0.5, 0.6) is 0 Å². The lowest BCUT2D eigenvalue weighted by Crippen LogP contribution is -2.05. The van der Waals surface area contributed by atoms with Crippen molar-refractivity contribution in [3.8, 4) is 0 Å². The van der Waals surface area contributed by atoms with Crippen molar-refractivity contribution in [2.45, 2.75) is 19.3 Å². The summed E-state index contributed by atoms with van der Waals surface area (Å²) < 4.78 is 13.4. The molecule has 0 saturated heterocycles. The second kappa shape index (κ2) is 4.15. The quantitative estimate of drug-likeness (QED) is 0.699. The molecule has 1 aliphatic rings. The van der Waals surface area contributed by atoms with E-state index in [1.54, 1.807) is 0 Å². The number of rotatable bonds is 2. The lowest BCUT2D eigenvalue weighted by Gasteiger charge is -2.05. The first-order valence-electron chi connectivity index (χ1n) is 4.88. The number of benzene rings is 1. The van der Waals surface area contributed by atoms with Gasteiger partial charge in [-0.3, -0.25) is 4.79 Å². The van der Waals surface area contributed by atoms with Gasteiger partial charge in [-0.2, -0.15) is 0 Å². The van der Waals surface area contributed by atoms with Gasteiger partial charge in [0, 0.05) is 0 Å². The lowest BCUT2D eigenvalue weighted by molar-refractivity contribution is 0.102. The molecular formula is C12H10ClFO. The summed E-state index contributed by atoms with van der Waals surface area (Å²) in [6.45, 7) is 0. The third-order valence-electron chi connectivity index (χ3n) is 2.52. The summed E-state index contributed by atoms with van der Waals surface area (Å²) in [6.07, 6.45) is 4.45. The Balaban J connectivity index is 2.41. The Labute approximate surface area is 92.6 Å². The maximum Gasteiger partial charge on any atom is 0.193 e. The van der Waals surface area contributed by atoms with E-state index in [1.165, 1.54) is 18.2 Å². The highest BCUT2D eigenvalue weighted by molar-refractivity contribution is 6.35. The second-order valence-corrected chi connectivity index (χ2v) is 3.95. The number of halogens is 2. The van der Waals surface area contributed by atoms with Gasteiger partial charge in [-0.25, -0.2) is 4.39 Å². The summed E-state index contributed by atoms with van der Waals surface area (Å²) in [5, 5.41) is 0.188. The van der Waals surface area contributed by atoms with Crippen molar-refractivity contribution in [1.29, 1.82) is 0 Å². The fraction of sp³-hybridized carbons (Fsp3) is 0.250. The molecule has 0 radical (unpaired) electrons. The highest BCUT2D eigenvalue weighted by Crippen LogP contribution is 2.27. The van der Waals surface area contributed by atoms with E-state index in [9.17, 15) is 9.18 Å². The van der Waals surface area contributed by atoms with Gasteiger partial charge in [-0.1, -0.05) is 23.7 Å². The highest BCUT2D eigenvalue weighted by atomic mass is 35.5. The summed E-state index contributed by atoms with van der Waals surface area (Å²) in [7, 11) is 0. The Morgan fingerprint density at radius 3 is 2.80 bits per heavy atom. The predicted octanol–water partition coefficient (Wildman–Crippen LogP) is 3.77. The molecule has 1 nitrogen and oxygen atoms in total. The first-order chi connectivity index (χ1) is 7.20. The molecule has 78 valence electrons. The summed E-state index contributed by atoms with van der Waals surface area (Å²) in [4.78, 5) is 11.9. The first-order valence-corrected chi connectivity index (χ1v) is 5.25. The minimum Gasteiger partial charge on any atom is -0.289 e. The number of hydrogen-bond donors (Lipinski definition) is 0. The Hall–Kier alpha value is -1.15. The van der Waals surface area contributed by atoms with E-state index in [4.69, 9.17) is 11.6 Å². The van der Waals surface area contributed by atoms with Gasteiger partial charge in [-0.05, 0) is 37.0 Å². The van der Waals surface area contributed by atoms with Gasteiger partial charge in [0.15, 0.2) is 5.78 Å². The third kappa shape index (κ3) is 1.95. The van der Waals surface area contributed by atoms with Crippen LogP contribution in [0.15, 0.2) is 29.8 Å². The third-order valence-corrected chi connectivity index (χ3v) is 2.84.